The van der Waals surface area contributed by atoms with Gasteiger partial charge in [-0.3, -0.25) is 9.36 Å². The van der Waals surface area contributed by atoms with Gasteiger partial charge in [0.25, 0.3) is 7.82 Å². The zero-order valence-electron chi connectivity index (χ0n) is 50.4. The summed E-state index contributed by atoms with van der Waals surface area (Å²) in [6, 6.07) is -0.835. The van der Waals surface area contributed by atoms with Gasteiger partial charge in [-0.25, -0.2) is 0 Å². The van der Waals surface area contributed by atoms with Crippen molar-refractivity contribution in [1.82, 2.24) is 5.32 Å². The topological polar surface area (TPSA) is 108 Å². The molecule has 442 valence electrons. The molecule has 2 N–H and O–H groups in total. The SMILES string of the molecule is CC/C=C\C/C=C\C/C=C\C/C=C\C/C=C\C/C=C\C/C=C\C/C=C\C/C=C\C/C=C\CCCCC(=O)NC(COP(=O)([O-])OCC[N+](C)(C)C)C(O)CCCCCCCCCCCCCCCCCCCCCCCC. The fourth-order valence-electron chi connectivity index (χ4n) is 8.60. The second kappa shape index (κ2) is 57.6. The van der Waals surface area contributed by atoms with Gasteiger partial charge in [0.1, 0.15) is 13.2 Å². The Hall–Kier alpha value is -3.10. The molecule has 77 heavy (non-hydrogen) atoms. The third-order valence-corrected chi connectivity index (χ3v) is 14.4. The summed E-state index contributed by atoms with van der Waals surface area (Å²) in [6.45, 7) is 4.58. The zero-order valence-corrected chi connectivity index (χ0v) is 51.3. The molecule has 0 aliphatic rings. The first-order valence-electron chi connectivity index (χ1n) is 31.4. The number of phosphoric ester groups is 1. The lowest BCUT2D eigenvalue weighted by atomic mass is 10.0. The first-order valence-corrected chi connectivity index (χ1v) is 32.8. The van der Waals surface area contributed by atoms with Crippen molar-refractivity contribution in [3.63, 3.8) is 0 Å². The highest BCUT2D eigenvalue weighted by Crippen LogP contribution is 2.38. The van der Waals surface area contributed by atoms with E-state index in [1.807, 2.05) is 21.1 Å². The summed E-state index contributed by atoms with van der Waals surface area (Å²) in [5, 5.41) is 14.0. The molecule has 3 unspecified atom stereocenters. The highest BCUT2D eigenvalue weighted by Gasteiger charge is 2.24. The lowest BCUT2D eigenvalue weighted by molar-refractivity contribution is -0.870. The molecule has 0 saturated carbocycles. The summed E-state index contributed by atoms with van der Waals surface area (Å²) in [4.78, 5) is 25.6. The molecule has 9 heteroatoms. The average molecular weight is 1090 g/mol. The Balaban J connectivity index is 4.27. The van der Waals surface area contributed by atoms with E-state index in [1.165, 1.54) is 122 Å². The number of amides is 1. The second-order valence-corrected chi connectivity index (χ2v) is 23.4. The van der Waals surface area contributed by atoms with Crippen molar-refractivity contribution in [2.45, 2.75) is 264 Å². The van der Waals surface area contributed by atoms with Crippen molar-refractivity contribution in [2.75, 3.05) is 40.9 Å². The van der Waals surface area contributed by atoms with Gasteiger partial charge in [-0.2, -0.15) is 0 Å². The number of hydrogen-bond donors (Lipinski definition) is 2. The van der Waals surface area contributed by atoms with Crippen LogP contribution in [0.3, 0.4) is 0 Å². The number of phosphoric acid groups is 1. The van der Waals surface area contributed by atoms with E-state index >= 15 is 0 Å². The van der Waals surface area contributed by atoms with Gasteiger partial charge in [0.2, 0.25) is 5.91 Å². The first kappa shape index (κ1) is 73.9. The fourth-order valence-corrected chi connectivity index (χ4v) is 9.32. The molecule has 0 aromatic heterocycles. The number of carbonyl (C=O) groups excluding carboxylic acids is 1. The van der Waals surface area contributed by atoms with Crippen LogP contribution in [-0.4, -0.2) is 68.5 Å². The number of quaternary nitrogens is 1. The molecule has 0 rings (SSSR count). The van der Waals surface area contributed by atoms with Gasteiger partial charge in [-0.1, -0.05) is 277 Å². The Bertz CT molecular complexity index is 1670. The van der Waals surface area contributed by atoms with Gasteiger partial charge in [0, 0.05) is 6.42 Å². The molecule has 0 aliphatic carbocycles. The van der Waals surface area contributed by atoms with Crippen LogP contribution >= 0.6 is 7.82 Å². The predicted octanol–water partition coefficient (Wildman–Crippen LogP) is 19.1. The number of rotatable bonds is 56. The van der Waals surface area contributed by atoms with Gasteiger partial charge in [-0.15, -0.1) is 0 Å². The summed E-state index contributed by atoms with van der Waals surface area (Å²) in [5.74, 6) is -0.209. The molecule has 0 bridgehead atoms. The maximum atomic E-state index is 13.0. The van der Waals surface area contributed by atoms with Gasteiger partial charge in [0.05, 0.1) is 39.9 Å². The maximum absolute atomic E-state index is 13.0. The van der Waals surface area contributed by atoms with Crippen molar-refractivity contribution in [2.24, 2.45) is 0 Å². The molecule has 0 fully saturated rings. The van der Waals surface area contributed by atoms with Gasteiger partial charge in [0.15, 0.2) is 0 Å². The third kappa shape index (κ3) is 60.4. The number of hydrogen-bond acceptors (Lipinski definition) is 6. The molecule has 0 aliphatic heterocycles. The van der Waals surface area contributed by atoms with Crippen molar-refractivity contribution in [1.29, 1.82) is 0 Å². The minimum Gasteiger partial charge on any atom is -0.756 e. The highest BCUT2D eigenvalue weighted by atomic mass is 31.2. The maximum Gasteiger partial charge on any atom is 0.268 e. The number of aliphatic hydroxyl groups is 1. The van der Waals surface area contributed by atoms with E-state index in [1.54, 1.807) is 0 Å². The first-order chi connectivity index (χ1) is 37.5. The minimum absolute atomic E-state index is 0.00282. The third-order valence-electron chi connectivity index (χ3n) is 13.5. The van der Waals surface area contributed by atoms with Crippen molar-refractivity contribution in [3.8, 4) is 0 Å². The monoisotopic (exact) mass is 1090 g/mol. The van der Waals surface area contributed by atoms with Crippen LogP contribution in [-0.2, 0) is 18.4 Å². The highest BCUT2D eigenvalue weighted by molar-refractivity contribution is 7.45. The predicted molar refractivity (Wildman–Crippen MR) is 334 cm³/mol. The number of allylic oxidation sites excluding steroid dienone is 20. The molecular formula is C68H119N2O6P. The number of carbonyl (C=O) groups is 1. The van der Waals surface area contributed by atoms with Crippen LogP contribution in [0.4, 0.5) is 0 Å². The van der Waals surface area contributed by atoms with E-state index in [0.29, 0.717) is 30.3 Å². The number of likely N-dealkylation sites (N-methyl/N-ethyl adjacent to an activating group) is 1. The van der Waals surface area contributed by atoms with E-state index in [4.69, 9.17) is 9.05 Å². The van der Waals surface area contributed by atoms with Crippen molar-refractivity contribution >= 4 is 13.7 Å². The van der Waals surface area contributed by atoms with Gasteiger partial charge in [-0.05, 0) is 89.9 Å². The van der Waals surface area contributed by atoms with E-state index in [9.17, 15) is 19.4 Å². The number of aliphatic hydroxyl groups excluding tert-OH is 1. The largest absolute Gasteiger partial charge is 0.756 e. The molecule has 0 heterocycles. The van der Waals surface area contributed by atoms with Crippen LogP contribution < -0.4 is 10.2 Å². The van der Waals surface area contributed by atoms with E-state index in [0.717, 1.165) is 96.3 Å². The second-order valence-electron chi connectivity index (χ2n) is 22.0. The number of nitrogens with zero attached hydrogens (tertiary/aromatic N) is 1. The Morgan fingerprint density at radius 3 is 1.13 bits per heavy atom. The number of unbranched alkanes of at least 4 members (excludes halogenated alkanes) is 23. The lowest BCUT2D eigenvalue weighted by Crippen LogP contribution is -2.46. The van der Waals surface area contributed by atoms with Crippen molar-refractivity contribution in [3.05, 3.63) is 122 Å². The van der Waals surface area contributed by atoms with Crippen LogP contribution in [0.2, 0.25) is 0 Å². The smallest absolute Gasteiger partial charge is 0.268 e. The standard InChI is InChI=1S/C68H119N2O6P/c1-6-8-10-12-14-16-18-20-22-24-26-28-30-31-32-33-34-35-36-37-38-39-40-42-44-46-48-50-52-54-56-58-60-62-68(72)69-66(65-76-77(73,74)75-64-63-70(3,4)5)67(71)61-59-57-55-53-51-49-47-45-43-41-29-27-25-23-21-19-17-15-13-11-9-7-2/h8,10,14,16,20,22,26,28,31-32,34-35,37-38,40,42,46,48,52,54,66-67,71H,6-7,9,11-13,15,17-19,21,23-25,27,29-30,33,36,39,41,43-45,47,49-51,53,55-65H2,1-5H3,(H-,69,72,73,74)/b10-8-,16-14-,22-20-,28-26-,32-31-,35-34-,38-37-,42-40-,48-46-,54-52-. The van der Waals surface area contributed by atoms with Gasteiger partial charge < -0.3 is 28.8 Å². The van der Waals surface area contributed by atoms with Crippen molar-refractivity contribution < 1.29 is 32.9 Å². The molecule has 0 saturated heterocycles. The minimum atomic E-state index is -4.60. The summed E-state index contributed by atoms with van der Waals surface area (Å²) in [7, 11) is 1.26. The van der Waals surface area contributed by atoms with E-state index < -0.39 is 20.0 Å². The Labute approximate surface area is 475 Å². The summed E-state index contributed by atoms with van der Waals surface area (Å²) in [5.41, 5.74) is 0. The Morgan fingerprint density at radius 2 is 0.792 bits per heavy atom. The average Bonchev–Trinajstić information content (AvgIpc) is 3.39. The molecule has 0 spiro atoms. The zero-order chi connectivity index (χ0) is 56.3. The molecule has 8 nitrogen and oxygen atoms in total. The van der Waals surface area contributed by atoms with Crippen LogP contribution in [0.15, 0.2) is 122 Å². The Morgan fingerprint density at radius 1 is 0.468 bits per heavy atom. The van der Waals surface area contributed by atoms with E-state index in [2.05, 4.69) is 141 Å². The van der Waals surface area contributed by atoms with Crippen LogP contribution in [0.5, 0.6) is 0 Å². The molecule has 3 atom stereocenters. The quantitative estimate of drug-likeness (QED) is 0.0272. The molecule has 0 aromatic carbocycles. The molecule has 1 amide bonds. The van der Waals surface area contributed by atoms with Crippen LogP contribution in [0.1, 0.15) is 251 Å². The molecule has 0 radical (unpaired) electrons. The fraction of sp³-hybridized carbons (Fsp3) is 0.691. The van der Waals surface area contributed by atoms with E-state index in [-0.39, 0.29) is 19.1 Å². The molecule has 0 aromatic rings. The lowest BCUT2D eigenvalue weighted by Gasteiger charge is -2.30. The van der Waals surface area contributed by atoms with Crippen LogP contribution in [0.25, 0.3) is 0 Å². The summed E-state index contributed by atoms with van der Waals surface area (Å²) < 4.78 is 23.4. The normalized spacial score (nSPS) is 14.6. The summed E-state index contributed by atoms with van der Waals surface area (Å²) >= 11 is 0. The number of nitrogens with one attached hydrogen (secondary N) is 1. The van der Waals surface area contributed by atoms with Gasteiger partial charge >= 0.3 is 0 Å². The summed E-state index contributed by atoms with van der Waals surface area (Å²) in [6.07, 6.45) is 85.3. The molecular weight excluding hydrogens is 972 g/mol. The van der Waals surface area contributed by atoms with Crippen LogP contribution in [0, 0.1) is 0 Å². The Kier molecular flexibility index (Phi) is 55.3.